The van der Waals surface area contributed by atoms with Crippen LogP contribution in [0.1, 0.15) is 26.4 Å². The molecule has 0 saturated carbocycles. The maximum absolute atomic E-state index is 9.64. The van der Waals surface area contributed by atoms with E-state index in [1.807, 2.05) is 18.2 Å². The molecule has 0 unspecified atom stereocenters. The Labute approximate surface area is 192 Å². The van der Waals surface area contributed by atoms with Crippen LogP contribution in [-0.2, 0) is 0 Å². The van der Waals surface area contributed by atoms with Crippen molar-refractivity contribution in [2.45, 2.75) is 0 Å². The van der Waals surface area contributed by atoms with Crippen molar-refractivity contribution < 1.29 is 0 Å². The number of allylic oxidation sites excluding steroid dienone is 2. The molecule has 0 aliphatic heterocycles. The third-order valence-corrected chi connectivity index (χ3v) is 6.85. The molecule has 0 atom stereocenters. The van der Waals surface area contributed by atoms with E-state index in [1.54, 1.807) is 30.3 Å². The predicted molar refractivity (Wildman–Crippen MR) is 123 cm³/mol. The average Bonchev–Trinajstić information content (AvgIpc) is 3.47. The molecular formula is C26H6N6S. The minimum absolute atomic E-state index is 0.0756. The number of benzene rings is 2. The third-order valence-electron chi connectivity index (χ3n) is 5.63. The zero-order chi connectivity index (χ0) is 23.3. The van der Waals surface area contributed by atoms with Crippen LogP contribution in [0, 0.1) is 53.7 Å². The summed E-state index contributed by atoms with van der Waals surface area (Å²) in [5.74, 6) is 0. The van der Waals surface area contributed by atoms with Gasteiger partial charge < -0.3 is 0 Å². The minimum Gasteiger partial charge on any atom is -0.238 e. The van der Waals surface area contributed by atoms with Gasteiger partial charge in [0.1, 0.15) is 0 Å². The summed E-state index contributed by atoms with van der Waals surface area (Å²) in [4.78, 5) is 11.8. The van der Waals surface area contributed by atoms with Gasteiger partial charge in [-0.3, -0.25) is 0 Å². The Hall–Kier alpha value is -5.44. The van der Waals surface area contributed by atoms with Gasteiger partial charge in [-0.05, 0) is 40.5 Å². The molecule has 0 N–H and O–H groups in total. The van der Waals surface area contributed by atoms with E-state index in [9.17, 15) is 15.8 Å². The van der Waals surface area contributed by atoms with Gasteiger partial charge >= 0.3 is 0 Å². The van der Waals surface area contributed by atoms with Gasteiger partial charge in [0.2, 0.25) is 0 Å². The Bertz CT molecular complexity index is 1610. The highest BCUT2D eigenvalue weighted by molar-refractivity contribution is 7.16. The second kappa shape index (κ2) is 7.06. The summed E-state index contributed by atoms with van der Waals surface area (Å²) in [5, 5.41) is 28.7. The van der Waals surface area contributed by atoms with Crippen LogP contribution >= 0.6 is 11.3 Å². The lowest BCUT2D eigenvalue weighted by molar-refractivity contribution is 1.47. The lowest BCUT2D eigenvalue weighted by Gasteiger charge is -2.05. The molecule has 5 rings (SSSR count). The van der Waals surface area contributed by atoms with Crippen molar-refractivity contribution >= 4 is 28.2 Å². The highest BCUT2D eigenvalue weighted by Gasteiger charge is 2.39. The van der Waals surface area contributed by atoms with E-state index in [4.69, 9.17) is 19.7 Å². The SMILES string of the molecule is [C-]#[N+]/C(C#N)=C1/c2cc(C#N)ccc2-c2c1sc1c2-c2ccc([N+]#[C-])cc2/C1=C(/C#N)[N+]#[C-]. The molecule has 2 aliphatic carbocycles. The van der Waals surface area contributed by atoms with E-state index in [0.717, 1.165) is 22.3 Å². The van der Waals surface area contributed by atoms with Gasteiger partial charge in [-0.15, -0.1) is 11.3 Å². The molecule has 0 bridgehead atoms. The highest BCUT2D eigenvalue weighted by Crippen LogP contribution is 2.61. The Morgan fingerprint density at radius 2 is 1.27 bits per heavy atom. The largest absolute Gasteiger partial charge is 0.271 e. The standard InChI is InChI=1S/C26H6N6S/c1-30-14-5-7-16-18(9-14)22(20(12-29)32-3)26-24(16)23-15-6-4-13(10-27)8-17(15)21(25(23)33-26)19(11-28)31-2/h4-9H/b21-19-,22-20+. The zero-order valence-corrected chi connectivity index (χ0v) is 17.4. The summed E-state index contributed by atoms with van der Waals surface area (Å²) >= 11 is 1.32. The number of nitrogens with zero attached hydrogens (tertiary/aromatic N) is 6. The molecule has 0 spiro atoms. The molecule has 1 heterocycles. The van der Waals surface area contributed by atoms with Crippen molar-refractivity contribution in [3.05, 3.63) is 108 Å². The predicted octanol–water partition coefficient (Wildman–Crippen LogP) is 6.54. The van der Waals surface area contributed by atoms with Crippen LogP contribution in [0.3, 0.4) is 0 Å². The Balaban J connectivity index is 1.98. The van der Waals surface area contributed by atoms with Crippen LogP contribution in [0.4, 0.5) is 5.69 Å². The first-order valence-electron chi connectivity index (χ1n) is 9.40. The van der Waals surface area contributed by atoms with Crippen LogP contribution < -0.4 is 0 Å². The van der Waals surface area contributed by atoms with Gasteiger partial charge in [0.15, 0.2) is 5.69 Å². The molecule has 0 saturated heterocycles. The zero-order valence-electron chi connectivity index (χ0n) is 16.6. The highest BCUT2D eigenvalue weighted by atomic mass is 32.1. The molecule has 33 heavy (non-hydrogen) atoms. The summed E-state index contributed by atoms with van der Waals surface area (Å²) in [6.07, 6.45) is 0. The van der Waals surface area contributed by atoms with Crippen LogP contribution in [0.5, 0.6) is 0 Å². The molecule has 146 valence electrons. The summed E-state index contributed by atoms with van der Waals surface area (Å²) < 4.78 is 0. The summed E-state index contributed by atoms with van der Waals surface area (Å²) in [6.45, 7) is 22.4. The maximum atomic E-state index is 9.64. The van der Waals surface area contributed by atoms with Crippen LogP contribution in [0.25, 0.3) is 47.9 Å². The molecule has 1 aromatic heterocycles. The van der Waals surface area contributed by atoms with E-state index in [2.05, 4.69) is 20.6 Å². The first kappa shape index (κ1) is 19.5. The Morgan fingerprint density at radius 1 is 0.727 bits per heavy atom. The van der Waals surface area contributed by atoms with Gasteiger partial charge in [0, 0.05) is 32.0 Å². The number of nitriles is 3. The van der Waals surface area contributed by atoms with Crippen LogP contribution in [-0.4, -0.2) is 0 Å². The number of thiophene rings is 1. The minimum atomic E-state index is -0.0789. The lowest BCUT2D eigenvalue weighted by Crippen LogP contribution is -1.87. The van der Waals surface area contributed by atoms with Crippen molar-refractivity contribution in [3.63, 3.8) is 0 Å². The number of hydrogen-bond donors (Lipinski definition) is 0. The second-order valence-corrected chi connectivity index (χ2v) is 8.14. The number of hydrogen-bond acceptors (Lipinski definition) is 4. The van der Waals surface area contributed by atoms with E-state index < -0.39 is 0 Å². The first-order chi connectivity index (χ1) is 16.1. The molecule has 0 amide bonds. The Morgan fingerprint density at radius 3 is 1.76 bits per heavy atom. The van der Waals surface area contributed by atoms with Crippen molar-refractivity contribution in [1.29, 1.82) is 15.8 Å². The van der Waals surface area contributed by atoms with Crippen molar-refractivity contribution in [2.24, 2.45) is 0 Å². The molecule has 7 heteroatoms. The molecule has 0 fully saturated rings. The van der Waals surface area contributed by atoms with Crippen molar-refractivity contribution in [3.8, 4) is 40.5 Å². The van der Waals surface area contributed by atoms with Crippen LogP contribution in [0.2, 0.25) is 0 Å². The fourth-order valence-corrected chi connectivity index (χ4v) is 5.80. The maximum Gasteiger partial charge on any atom is 0.271 e. The second-order valence-electron chi connectivity index (χ2n) is 7.12. The molecule has 2 aliphatic rings. The fraction of sp³-hybridized carbons (Fsp3) is 0. The van der Waals surface area contributed by atoms with Gasteiger partial charge in [0.25, 0.3) is 11.4 Å². The lowest BCUT2D eigenvalue weighted by atomic mass is 9.97. The fourth-order valence-electron chi connectivity index (χ4n) is 4.35. The topological polar surface area (TPSA) is 84.5 Å². The molecule has 2 aromatic carbocycles. The van der Waals surface area contributed by atoms with Gasteiger partial charge in [-0.25, -0.2) is 25.1 Å². The molecule has 6 nitrogen and oxygen atoms in total. The smallest absolute Gasteiger partial charge is 0.238 e. The normalized spacial score (nSPS) is 14.6. The molecule has 0 radical (unpaired) electrons. The first-order valence-corrected chi connectivity index (χ1v) is 10.2. The average molecular weight is 434 g/mol. The molecular weight excluding hydrogens is 428 g/mol. The third kappa shape index (κ3) is 2.47. The van der Waals surface area contributed by atoms with Crippen molar-refractivity contribution in [2.75, 3.05) is 0 Å². The molecule has 3 aromatic rings. The van der Waals surface area contributed by atoms with Crippen LogP contribution in [0.15, 0.2) is 47.8 Å². The summed E-state index contributed by atoms with van der Waals surface area (Å²) in [6, 6.07) is 16.4. The van der Waals surface area contributed by atoms with E-state index in [1.165, 1.54) is 11.3 Å². The van der Waals surface area contributed by atoms with E-state index >= 15 is 0 Å². The van der Waals surface area contributed by atoms with Gasteiger partial charge in [-0.2, -0.15) is 5.26 Å². The van der Waals surface area contributed by atoms with Gasteiger partial charge in [0.05, 0.1) is 43.5 Å². The van der Waals surface area contributed by atoms with Crippen molar-refractivity contribution in [1.82, 2.24) is 0 Å². The number of fused-ring (bicyclic) bond motifs is 7. The summed E-state index contributed by atoms with van der Waals surface area (Å²) in [7, 11) is 0. The van der Waals surface area contributed by atoms with E-state index in [0.29, 0.717) is 43.3 Å². The van der Waals surface area contributed by atoms with E-state index in [-0.39, 0.29) is 11.4 Å². The monoisotopic (exact) mass is 434 g/mol. The number of rotatable bonds is 0. The Kier molecular flexibility index (Phi) is 4.18. The quantitative estimate of drug-likeness (QED) is 0.205. The van der Waals surface area contributed by atoms with Gasteiger partial charge in [-0.1, -0.05) is 18.2 Å². The summed E-state index contributed by atoms with van der Waals surface area (Å²) in [5.41, 5.74) is 6.11.